The second kappa shape index (κ2) is 9.64. The van der Waals surface area contributed by atoms with E-state index >= 15 is 0 Å². The third kappa shape index (κ3) is 7.79. The van der Waals surface area contributed by atoms with E-state index in [1.54, 1.807) is 6.92 Å². The molecular formula is C17H32N4O3. The van der Waals surface area contributed by atoms with Crippen LogP contribution in [-0.2, 0) is 17.8 Å². The number of aliphatic hydroxyl groups is 1. The highest BCUT2D eigenvalue weighted by atomic mass is 16.6. The van der Waals surface area contributed by atoms with Crippen LogP contribution in [0.15, 0.2) is 12.5 Å². The fourth-order valence-corrected chi connectivity index (χ4v) is 2.27. The lowest BCUT2D eigenvalue weighted by atomic mass is 10.2. The Bertz CT molecular complexity index is 494. The number of carbonyl (C=O) groups excluding carboxylic acids is 1. The van der Waals surface area contributed by atoms with Gasteiger partial charge in [-0.1, -0.05) is 6.92 Å². The van der Waals surface area contributed by atoms with Crippen molar-refractivity contribution < 1.29 is 14.6 Å². The van der Waals surface area contributed by atoms with Crippen molar-refractivity contribution in [2.75, 3.05) is 19.6 Å². The summed E-state index contributed by atoms with van der Waals surface area (Å²) in [6.45, 7) is 12.3. The summed E-state index contributed by atoms with van der Waals surface area (Å²) < 4.78 is 7.51. The number of rotatable bonds is 9. The van der Waals surface area contributed by atoms with E-state index in [0.29, 0.717) is 19.6 Å². The molecule has 0 aliphatic rings. The van der Waals surface area contributed by atoms with Gasteiger partial charge in [0.25, 0.3) is 0 Å². The molecule has 0 aliphatic carbocycles. The van der Waals surface area contributed by atoms with Gasteiger partial charge in [0.05, 0.1) is 18.1 Å². The van der Waals surface area contributed by atoms with Crippen molar-refractivity contribution in [3.8, 4) is 0 Å². The molecule has 2 N–H and O–H groups in total. The Labute approximate surface area is 145 Å². The number of aliphatic hydroxyl groups excluding tert-OH is 1. The van der Waals surface area contributed by atoms with Crippen molar-refractivity contribution >= 4 is 6.09 Å². The zero-order valence-corrected chi connectivity index (χ0v) is 15.6. The molecule has 1 amide bonds. The molecule has 1 heterocycles. The zero-order valence-electron chi connectivity index (χ0n) is 15.6. The quantitative estimate of drug-likeness (QED) is 0.672. The SMILES string of the molecule is CCCn1cncc1CNCCN(CC(C)O)C(=O)OC(C)(C)C. The maximum atomic E-state index is 12.2. The number of imidazole rings is 1. The lowest BCUT2D eigenvalue weighted by Gasteiger charge is -2.28. The Morgan fingerprint density at radius 1 is 1.50 bits per heavy atom. The number of ether oxygens (including phenoxy) is 1. The van der Waals surface area contributed by atoms with Crippen molar-refractivity contribution in [3.05, 3.63) is 18.2 Å². The van der Waals surface area contributed by atoms with Gasteiger partial charge >= 0.3 is 6.09 Å². The lowest BCUT2D eigenvalue weighted by Crippen LogP contribution is -2.43. The normalized spacial score (nSPS) is 12.9. The van der Waals surface area contributed by atoms with Gasteiger partial charge in [0.2, 0.25) is 0 Å². The van der Waals surface area contributed by atoms with Crippen LogP contribution >= 0.6 is 0 Å². The molecule has 0 aromatic carbocycles. The van der Waals surface area contributed by atoms with Gasteiger partial charge in [-0.25, -0.2) is 9.78 Å². The van der Waals surface area contributed by atoms with Crippen LogP contribution in [0, 0.1) is 0 Å². The topological polar surface area (TPSA) is 79.6 Å². The summed E-state index contributed by atoms with van der Waals surface area (Å²) in [6.07, 6.45) is 3.75. The van der Waals surface area contributed by atoms with Gasteiger partial charge in [0.15, 0.2) is 0 Å². The van der Waals surface area contributed by atoms with Crippen LogP contribution in [0.25, 0.3) is 0 Å². The number of hydrogen-bond donors (Lipinski definition) is 2. The number of nitrogens with zero attached hydrogens (tertiary/aromatic N) is 3. The summed E-state index contributed by atoms with van der Waals surface area (Å²) in [6, 6.07) is 0. The summed E-state index contributed by atoms with van der Waals surface area (Å²) in [5, 5.41) is 12.9. The van der Waals surface area contributed by atoms with Gasteiger partial charge in [-0.15, -0.1) is 0 Å². The lowest BCUT2D eigenvalue weighted by molar-refractivity contribution is 0.0164. The summed E-state index contributed by atoms with van der Waals surface area (Å²) in [7, 11) is 0. The average Bonchev–Trinajstić information content (AvgIpc) is 2.87. The molecule has 138 valence electrons. The Morgan fingerprint density at radius 2 is 2.21 bits per heavy atom. The Kier molecular flexibility index (Phi) is 8.21. The van der Waals surface area contributed by atoms with Crippen LogP contribution in [0.5, 0.6) is 0 Å². The Morgan fingerprint density at radius 3 is 2.79 bits per heavy atom. The maximum Gasteiger partial charge on any atom is 0.410 e. The predicted molar refractivity (Wildman–Crippen MR) is 93.7 cm³/mol. The maximum absolute atomic E-state index is 12.2. The molecule has 24 heavy (non-hydrogen) atoms. The highest BCUT2D eigenvalue weighted by Crippen LogP contribution is 2.10. The molecule has 0 aliphatic heterocycles. The second-order valence-electron chi connectivity index (χ2n) is 7.03. The third-order valence-corrected chi connectivity index (χ3v) is 3.26. The van der Waals surface area contributed by atoms with E-state index in [1.807, 2.05) is 33.3 Å². The van der Waals surface area contributed by atoms with Crippen LogP contribution < -0.4 is 5.32 Å². The average molecular weight is 340 g/mol. The first-order chi connectivity index (χ1) is 11.2. The molecule has 0 saturated carbocycles. The van der Waals surface area contributed by atoms with Crippen LogP contribution in [0.1, 0.15) is 46.7 Å². The number of aromatic nitrogens is 2. The van der Waals surface area contributed by atoms with E-state index in [2.05, 4.69) is 21.8 Å². The fourth-order valence-electron chi connectivity index (χ4n) is 2.27. The molecule has 1 aromatic rings. The van der Waals surface area contributed by atoms with Crippen molar-refractivity contribution in [2.45, 2.75) is 65.8 Å². The van der Waals surface area contributed by atoms with Crippen LogP contribution in [0.2, 0.25) is 0 Å². The molecule has 0 fully saturated rings. The molecular weight excluding hydrogens is 308 g/mol. The number of nitrogens with one attached hydrogen (secondary N) is 1. The first-order valence-electron chi connectivity index (χ1n) is 8.58. The second-order valence-corrected chi connectivity index (χ2v) is 7.03. The van der Waals surface area contributed by atoms with Crippen molar-refractivity contribution in [1.29, 1.82) is 0 Å². The molecule has 0 spiro atoms. The summed E-state index contributed by atoms with van der Waals surface area (Å²) >= 11 is 0. The predicted octanol–water partition coefficient (Wildman–Crippen LogP) is 2.00. The smallest absolute Gasteiger partial charge is 0.410 e. The number of hydrogen-bond acceptors (Lipinski definition) is 5. The van der Waals surface area contributed by atoms with Gasteiger partial charge in [-0.2, -0.15) is 0 Å². The molecule has 7 heteroatoms. The molecule has 1 aromatic heterocycles. The Hall–Kier alpha value is -1.60. The van der Waals surface area contributed by atoms with Gasteiger partial charge in [-0.3, -0.25) is 0 Å². The van der Waals surface area contributed by atoms with E-state index < -0.39 is 17.8 Å². The van der Waals surface area contributed by atoms with Crippen molar-refractivity contribution in [2.24, 2.45) is 0 Å². The highest BCUT2D eigenvalue weighted by molar-refractivity contribution is 5.68. The summed E-state index contributed by atoms with van der Waals surface area (Å²) in [4.78, 5) is 17.9. The minimum Gasteiger partial charge on any atom is -0.444 e. The first kappa shape index (κ1) is 20.4. The van der Waals surface area contributed by atoms with Crippen LogP contribution in [0.4, 0.5) is 4.79 Å². The molecule has 1 unspecified atom stereocenters. The van der Waals surface area contributed by atoms with Gasteiger partial charge < -0.3 is 24.6 Å². The molecule has 7 nitrogen and oxygen atoms in total. The molecule has 1 atom stereocenters. The summed E-state index contributed by atoms with van der Waals surface area (Å²) in [5.74, 6) is 0. The Balaban J connectivity index is 2.47. The van der Waals surface area contributed by atoms with Crippen molar-refractivity contribution in [3.63, 3.8) is 0 Å². The van der Waals surface area contributed by atoms with Crippen LogP contribution in [0.3, 0.4) is 0 Å². The van der Waals surface area contributed by atoms with Gasteiger partial charge in [0.1, 0.15) is 5.60 Å². The van der Waals surface area contributed by atoms with Gasteiger partial charge in [0, 0.05) is 38.9 Å². The van der Waals surface area contributed by atoms with E-state index in [0.717, 1.165) is 18.7 Å². The molecule has 0 bridgehead atoms. The fraction of sp³-hybridized carbons (Fsp3) is 0.765. The van der Waals surface area contributed by atoms with E-state index in [9.17, 15) is 9.90 Å². The van der Waals surface area contributed by atoms with E-state index in [-0.39, 0.29) is 6.54 Å². The zero-order chi connectivity index (χ0) is 18.2. The molecule has 0 radical (unpaired) electrons. The van der Waals surface area contributed by atoms with E-state index in [4.69, 9.17) is 4.74 Å². The third-order valence-electron chi connectivity index (χ3n) is 3.26. The summed E-state index contributed by atoms with van der Waals surface area (Å²) in [5.41, 5.74) is 0.574. The minimum absolute atomic E-state index is 0.254. The monoisotopic (exact) mass is 340 g/mol. The largest absolute Gasteiger partial charge is 0.444 e. The highest BCUT2D eigenvalue weighted by Gasteiger charge is 2.22. The number of amides is 1. The van der Waals surface area contributed by atoms with Gasteiger partial charge in [-0.05, 0) is 34.1 Å². The molecule has 1 rings (SSSR count). The molecule has 0 saturated heterocycles. The van der Waals surface area contributed by atoms with Crippen molar-refractivity contribution in [1.82, 2.24) is 19.8 Å². The first-order valence-corrected chi connectivity index (χ1v) is 8.58. The van der Waals surface area contributed by atoms with E-state index in [1.165, 1.54) is 4.90 Å². The standard InChI is InChI=1S/C17H32N4O3/c1-6-8-21-13-19-11-15(21)10-18-7-9-20(12-14(2)22)16(23)24-17(3,4)5/h11,13-14,18,22H,6-10,12H2,1-5H3. The minimum atomic E-state index is -0.594. The number of carbonyl (C=O) groups is 1. The number of aryl methyl sites for hydroxylation is 1. The van der Waals surface area contributed by atoms with Crippen LogP contribution in [-0.4, -0.2) is 57.0 Å².